The Labute approximate surface area is 146 Å². The Bertz CT molecular complexity index is 675. The number of hydrogen-bond donors (Lipinski definition) is 1. The molecule has 0 spiro atoms. The number of likely N-dealkylation sites (N-methyl/N-ethyl adjacent to an activating group) is 1. The maximum atomic E-state index is 12.7. The van der Waals surface area contributed by atoms with Crippen molar-refractivity contribution in [2.24, 2.45) is 0 Å². The minimum Gasteiger partial charge on any atom is -0.396 e. The highest BCUT2D eigenvalue weighted by Gasteiger charge is 2.29. The lowest BCUT2D eigenvalue weighted by molar-refractivity contribution is -0.120. The molecule has 128 valence electrons. The number of aryl methyl sites for hydroxylation is 1. The number of carbonyl (C=O) groups is 1. The fourth-order valence-electron chi connectivity index (χ4n) is 3.30. The summed E-state index contributed by atoms with van der Waals surface area (Å²) in [5.41, 5.74) is 2.69. The number of hydrogen-bond acceptors (Lipinski definition) is 5. The molecule has 3 rings (SSSR count). The summed E-state index contributed by atoms with van der Waals surface area (Å²) in [5.74, 6) is 0.0345. The molecule has 1 amide bonds. The Balaban J connectivity index is 1.74. The van der Waals surface area contributed by atoms with E-state index >= 15 is 0 Å². The van der Waals surface area contributed by atoms with Crippen LogP contribution in [-0.4, -0.2) is 47.6 Å². The lowest BCUT2D eigenvalue weighted by Gasteiger charge is -2.30. The fourth-order valence-corrected chi connectivity index (χ4v) is 3.93. The number of fused-ring (bicyclic) bond motifs is 1. The molecule has 1 N–H and O–H groups in total. The lowest BCUT2D eigenvalue weighted by Crippen LogP contribution is -2.40. The molecular formula is C18H23N3O2S. The first-order valence-electron chi connectivity index (χ1n) is 8.29. The van der Waals surface area contributed by atoms with Gasteiger partial charge in [0.15, 0.2) is 5.13 Å². The average molecular weight is 345 g/mol. The van der Waals surface area contributed by atoms with E-state index in [2.05, 4.69) is 34.1 Å². The standard InChI is InChI=1S/C18H23N3O2S/c1-20(18-19-9-12-24-18)17(23)13-21(10-4-11-22)16-8-7-14-5-2-3-6-15(14)16/h2-3,5-6,9,12,16,22H,4,7-8,10-11,13H2,1H3. The van der Waals surface area contributed by atoms with Crippen molar-refractivity contribution in [3.63, 3.8) is 0 Å². The van der Waals surface area contributed by atoms with Gasteiger partial charge < -0.3 is 5.11 Å². The second-order valence-corrected chi connectivity index (χ2v) is 6.94. The van der Waals surface area contributed by atoms with E-state index in [0.29, 0.717) is 24.6 Å². The smallest absolute Gasteiger partial charge is 0.242 e. The first-order valence-corrected chi connectivity index (χ1v) is 9.17. The van der Waals surface area contributed by atoms with Gasteiger partial charge >= 0.3 is 0 Å². The van der Waals surface area contributed by atoms with Gasteiger partial charge in [-0.2, -0.15) is 0 Å². The Hall–Kier alpha value is -1.76. The summed E-state index contributed by atoms with van der Waals surface area (Å²) in [5, 5.41) is 11.8. The van der Waals surface area contributed by atoms with E-state index in [4.69, 9.17) is 0 Å². The van der Waals surface area contributed by atoms with Gasteiger partial charge in [-0.15, -0.1) is 11.3 Å². The zero-order chi connectivity index (χ0) is 16.9. The van der Waals surface area contributed by atoms with Gasteiger partial charge in [-0.05, 0) is 30.4 Å². The van der Waals surface area contributed by atoms with Crippen LogP contribution < -0.4 is 4.90 Å². The molecule has 1 aromatic carbocycles. The summed E-state index contributed by atoms with van der Waals surface area (Å²) in [6.07, 6.45) is 4.46. The zero-order valence-electron chi connectivity index (χ0n) is 13.9. The number of aromatic nitrogens is 1. The van der Waals surface area contributed by atoms with Crippen LogP contribution in [0.15, 0.2) is 35.8 Å². The second-order valence-electron chi connectivity index (χ2n) is 6.07. The molecule has 0 fully saturated rings. The number of anilines is 1. The zero-order valence-corrected chi connectivity index (χ0v) is 14.7. The van der Waals surface area contributed by atoms with Crippen molar-refractivity contribution in [1.29, 1.82) is 0 Å². The van der Waals surface area contributed by atoms with E-state index in [0.717, 1.165) is 12.8 Å². The largest absolute Gasteiger partial charge is 0.396 e. The highest BCUT2D eigenvalue weighted by atomic mass is 32.1. The molecule has 6 heteroatoms. The van der Waals surface area contributed by atoms with E-state index in [1.165, 1.54) is 22.5 Å². The van der Waals surface area contributed by atoms with Crippen molar-refractivity contribution >= 4 is 22.4 Å². The molecule has 5 nitrogen and oxygen atoms in total. The number of thiazole rings is 1. The van der Waals surface area contributed by atoms with Crippen molar-refractivity contribution in [1.82, 2.24) is 9.88 Å². The van der Waals surface area contributed by atoms with Crippen LogP contribution in [0.1, 0.15) is 30.0 Å². The predicted octanol–water partition coefficient (Wildman–Crippen LogP) is 2.48. The highest BCUT2D eigenvalue weighted by molar-refractivity contribution is 7.13. The van der Waals surface area contributed by atoms with Crippen molar-refractivity contribution < 1.29 is 9.90 Å². The van der Waals surface area contributed by atoms with Gasteiger partial charge in [0.2, 0.25) is 5.91 Å². The van der Waals surface area contributed by atoms with E-state index in [1.54, 1.807) is 18.1 Å². The molecule has 1 aliphatic carbocycles. The van der Waals surface area contributed by atoms with Gasteiger partial charge in [0.05, 0.1) is 6.54 Å². The number of rotatable bonds is 7. The van der Waals surface area contributed by atoms with Crippen molar-refractivity contribution in [2.75, 3.05) is 31.6 Å². The highest BCUT2D eigenvalue weighted by Crippen LogP contribution is 2.35. The van der Waals surface area contributed by atoms with Gasteiger partial charge in [-0.25, -0.2) is 4.98 Å². The summed E-state index contributed by atoms with van der Waals surface area (Å²) in [6.45, 7) is 1.20. The third-order valence-electron chi connectivity index (χ3n) is 4.56. The Morgan fingerprint density at radius 1 is 1.42 bits per heavy atom. The molecule has 1 aromatic heterocycles. The molecule has 1 heterocycles. The van der Waals surface area contributed by atoms with Gasteiger partial charge in [-0.1, -0.05) is 24.3 Å². The summed E-state index contributed by atoms with van der Waals surface area (Å²) in [6, 6.07) is 8.71. The predicted molar refractivity (Wildman–Crippen MR) is 96.3 cm³/mol. The molecule has 1 atom stereocenters. The minimum atomic E-state index is 0.0345. The fraction of sp³-hybridized carbons (Fsp3) is 0.444. The number of aliphatic hydroxyl groups is 1. The molecule has 0 saturated heterocycles. The van der Waals surface area contributed by atoms with Crippen LogP contribution in [0, 0.1) is 0 Å². The molecule has 0 aliphatic heterocycles. The third kappa shape index (κ3) is 3.66. The number of benzene rings is 1. The normalized spacial score (nSPS) is 16.4. The SMILES string of the molecule is CN(C(=O)CN(CCCO)C1CCc2ccccc21)c1nccs1. The number of amides is 1. The molecule has 2 aromatic rings. The summed E-state index contributed by atoms with van der Waals surface area (Å²) in [7, 11) is 1.77. The Kier molecular flexibility index (Phi) is 5.60. The maximum Gasteiger partial charge on any atom is 0.242 e. The van der Waals surface area contributed by atoms with Crippen molar-refractivity contribution in [3.05, 3.63) is 47.0 Å². The van der Waals surface area contributed by atoms with E-state index in [1.807, 2.05) is 5.38 Å². The average Bonchev–Trinajstić information content (AvgIpc) is 3.27. The Morgan fingerprint density at radius 2 is 2.25 bits per heavy atom. The van der Waals surface area contributed by atoms with Crippen molar-refractivity contribution in [3.8, 4) is 0 Å². The van der Waals surface area contributed by atoms with Gasteiger partial charge in [0.25, 0.3) is 0 Å². The summed E-state index contributed by atoms with van der Waals surface area (Å²) in [4.78, 5) is 20.7. The molecule has 0 saturated carbocycles. The summed E-state index contributed by atoms with van der Waals surface area (Å²) >= 11 is 1.46. The van der Waals surface area contributed by atoms with Gasteiger partial charge in [-0.3, -0.25) is 14.6 Å². The maximum absolute atomic E-state index is 12.7. The minimum absolute atomic E-state index is 0.0345. The first kappa shape index (κ1) is 17.1. The van der Waals surface area contributed by atoms with Crippen LogP contribution in [0.2, 0.25) is 0 Å². The van der Waals surface area contributed by atoms with Crippen LogP contribution in [0.3, 0.4) is 0 Å². The van der Waals surface area contributed by atoms with E-state index < -0.39 is 0 Å². The third-order valence-corrected chi connectivity index (χ3v) is 5.41. The molecule has 0 bridgehead atoms. The van der Waals surface area contributed by atoms with Crippen molar-refractivity contribution in [2.45, 2.75) is 25.3 Å². The number of aliphatic hydroxyl groups excluding tert-OH is 1. The van der Waals surface area contributed by atoms with Gasteiger partial charge in [0, 0.05) is 37.8 Å². The van der Waals surface area contributed by atoms with E-state index in [9.17, 15) is 9.90 Å². The first-order chi connectivity index (χ1) is 11.7. The van der Waals surface area contributed by atoms with Crippen LogP contribution >= 0.6 is 11.3 Å². The number of nitrogens with zero attached hydrogens (tertiary/aromatic N) is 3. The second kappa shape index (κ2) is 7.88. The van der Waals surface area contributed by atoms with Gasteiger partial charge in [0.1, 0.15) is 0 Å². The monoisotopic (exact) mass is 345 g/mol. The molecular weight excluding hydrogens is 322 g/mol. The lowest BCUT2D eigenvalue weighted by atomic mass is 10.1. The molecule has 1 unspecified atom stereocenters. The number of carbonyl (C=O) groups excluding carboxylic acids is 1. The molecule has 1 aliphatic rings. The molecule has 24 heavy (non-hydrogen) atoms. The van der Waals surface area contributed by atoms with Crippen LogP contribution in [-0.2, 0) is 11.2 Å². The van der Waals surface area contributed by atoms with Crippen LogP contribution in [0.25, 0.3) is 0 Å². The van der Waals surface area contributed by atoms with E-state index in [-0.39, 0.29) is 18.6 Å². The summed E-state index contributed by atoms with van der Waals surface area (Å²) < 4.78 is 0. The van der Waals surface area contributed by atoms with Crippen LogP contribution in [0.5, 0.6) is 0 Å². The Morgan fingerprint density at radius 3 is 3.00 bits per heavy atom. The quantitative estimate of drug-likeness (QED) is 0.838. The molecule has 0 radical (unpaired) electrons. The van der Waals surface area contributed by atoms with Crippen LogP contribution in [0.4, 0.5) is 5.13 Å². The topological polar surface area (TPSA) is 56.7 Å².